The normalized spacial score (nSPS) is 14.2. The third kappa shape index (κ3) is 3.02. The van der Waals surface area contributed by atoms with Crippen molar-refractivity contribution in [3.05, 3.63) is 65.0 Å². The first-order valence-corrected chi connectivity index (χ1v) is 10.2. The lowest BCUT2D eigenvalue weighted by atomic mass is 9.98. The Morgan fingerprint density at radius 1 is 1.14 bits per heavy atom. The molecule has 1 amide bonds. The fraction of sp³-hybridized carbons (Fsp3) is 0.167. The SMILES string of the molecule is CS(=O)(=O)N1Cc2cnn(NC(=O)c3c(C(=O)O)ccc4ccccc34)c2C1. The molecule has 0 spiro atoms. The molecule has 10 heteroatoms. The van der Waals surface area contributed by atoms with Crippen molar-refractivity contribution in [3.63, 3.8) is 0 Å². The summed E-state index contributed by atoms with van der Waals surface area (Å²) in [6.45, 7) is 0.258. The van der Waals surface area contributed by atoms with Gasteiger partial charge >= 0.3 is 5.97 Å². The minimum atomic E-state index is -3.38. The van der Waals surface area contributed by atoms with Crippen LogP contribution < -0.4 is 5.43 Å². The first-order valence-electron chi connectivity index (χ1n) is 8.33. The topological polar surface area (TPSA) is 122 Å². The number of carbonyl (C=O) groups excluding carboxylic acids is 1. The van der Waals surface area contributed by atoms with Crippen molar-refractivity contribution in [2.45, 2.75) is 13.1 Å². The average molecular weight is 400 g/mol. The summed E-state index contributed by atoms with van der Waals surface area (Å²) in [6.07, 6.45) is 2.60. The largest absolute Gasteiger partial charge is 0.478 e. The predicted molar refractivity (Wildman–Crippen MR) is 101 cm³/mol. The third-order valence-electron chi connectivity index (χ3n) is 4.69. The first-order chi connectivity index (χ1) is 13.3. The van der Waals surface area contributed by atoms with Crippen LogP contribution in [0.25, 0.3) is 10.8 Å². The predicted octanol–water partition coefficient (Wildman–Crippen LogP) is 1.39. The summed E-state index contributed by atoms with van der Waals surface area (Å²) in [6, 6.07) is 10.0. The zero-order valence-electron chi connectivity index (χ0n) is 14.8. The molecule has 9 nitrogen and oxygen atoms in total. The van der Waals surface area contributed by atoms with E-state index in [-0.39, 0.29) is 24.2 Å². The molecule has 1 aliphatic rings. The van der Waals surface area contributed by atoms with Crippen molar-refractivity contribution in [1.82, 2.24) is 14.2 Å². The summed E-state index contributed by atoms with van der Waals surface area (Å²) in [5.74, 6) is -1.86. The van der Waals surface area contributed by atoms with Crippen LogP contribution in [0, 0.1) is 0 Å². The number of aromatic nitrogens is 2. The molecule has 2 heterocycles. The summed E-state index contributed by atoms with van der Waals surface area (Å²) in [5, 5.41) is 14.8. The number of nitrogens with one attached hydrogen (secondary N) is 1. The van der Waals surface area contributed by atoms with Crippen LogP contribution in [0.3, 0.4) is 0 Å². The van der Waals surface area contributed by atoms with E-state index in [9.17, 15) is 23.1 Å². The number of hydrogen-bond acceptors (Lipinski definition) is 5. The highest BCUT2D eigenvalue weighted by atomic mass is 32.2. The van der Waals surface area contributed by atoms with Crippen molar-refractivity contribution in [2.24, 2.45) is 0 Å². The molecule has 1 aliphatic heterocycles. The number of nitrogens with zero attached hydrogens (tertiary/aromatic N) is 3. The number of rotatable bonds is 4. The highest BCUT2D eigenvalue weighted by Crippen LogP contribution is 2.26. The maximum atomic E-state index is 13.0. The van der Waals surface area contributed by atoms with Crippen molar-refractivity contribution in [3.8, 4) is 0 Å². The monoisotopic (exact) mass is 400 g/mol. The van der Waals surface area contributed by atoms with E-state index in [2.05, 4.69) is 10.5 Å². The van der Waals surface area contributed by atoms with Gasteiger partial charge in [-0.3, -0.25) is 4.79 Å². The quantitative estimate of drug-likeness (QED) is 0.683. The Kier molecular flexibility index (Phi) is 4.16. The highest BCUT2D eigenvalue weighted by molar-refractivity contribution is 7.88. The van der Waals surface area contributed by atoms with Crippen LogP contribution in [0.2, 0.25) is 0 Å². The minimum absolute atomic E-state index is 0.0211. The van der Waals surface area contributed by atoms with Crippen LogP contribution >= 0.6 is 0 Å². The summed E-state index contributed by atoms with van der Waals surface area (Å²) >= 11 is 0. The molecular formula is C18H16N4O5S. The molecule has 0 atom stereocenters. The molecule has 4 rings (SSSR count). The van der Waals surface area contributed by atoms with Crippen LogP contribution in [0.15, 0.2) is 42.6 Å². The molecule has 0 bridgehead atoms. The number of carbonyl (C=O) groups is 2. The molecule has 0 saturated heterocycles. The fourth-order valence-corrected chi connectivity index (χ4v) is 4.03. The number of benzene rings is 2. The molecule has 28 heavy (non-hydrogen) atoms. The standard InChI is InChI=1S/C18H16N4O5S/c1-28(26,27)21-9-12-8-19-22(15(12)10-21)20-17(23)16-13-5-3-2-4-11(13)6-7-14(16)18(24)25/h2-8H,9-10H2,1H3,(H,20,23)(H,24,25). The molecule has 3 aromatic rings. The number of fused-ring (bicyclic) bond motifs is 2. The van der Waals surface area contributed by atoms with E-state index in [1.807, 2.05) is 0 Å². The molecule has 0 aliphatic carbocycles. The summed E-state index contributed by atoms with van der Waals surface area (Å²) in [7, 11) is -3.38. The number of aromatic carboxylic acids is 1. The van der Waals surface area contributed by atoms with Crippen molar-refractivity contribution in [2.75, 3.05) is 11.7 Å². The van der Waals surface area contributed by atoms with Gasteiger partial charge in [0.15, 0.2) is 0 Å². The molecule has 2 aromatic carbocycles. The maximum absolute atomic E-state index is 13.0. The van der Waals surface area contributed by atoms with Crippen LogP contribution in [0.5, 0.6) is 0 Å². The lowest BCUT2D eigenvalue weighted by Crippen LogP contribution is -2.29. The summed E-state index contributed by atoms with van der Waals surface area (Å²) < 4.78 is 24.8. The molecule has 0 radical (unpaired) electrons. The van der Waals surface area contributed by atoms with Gasteiger partial charge in [0, 0.05) is 12.1 Å². The highest BCUT2D eigenvalue weighted by Gasteiger charge is 2.30. The smallest absolute Gasteiger partial charge is 0.336 e. The van der Waals surface area contributed by atoms with Crippen molar-refractivity contribution >= 4 is 32.7 Å². The van der Waals surface area contributed by atoms with Gasteiger partial charge in [0.25, 0.3) is 5.91 Å². The Morgan fingerprint density at radius 3 is 2.61 bits per heavy atom. The second kappa shape index (κ2) is 6.43. The molecule has 1 aromatic heterocycles. The lowest BCUT2D eigenvalue weighted by molar-refractivity contribution is 0.0692. The second-order valence-electron chi connectivity index (χ2n) is 6.51. The molecular weight excluding hydrogens is 384 g/mol. The van der Waals surface area contributed by atoms with E-state index >= 15 is 0 Å². The van der Waals surface area contributed by atoms with Crippen LogP contribution in [0.1, 0.15) is 32.0 Å². The molecule has 0 saturated carbocycles. The van der Waals surface area contributed by atoms with Crippen molar-refractivity contribution in [1.29, 1.82) is 0 Å². The van der Waals surface area contributed by atoms with E-state index in [4.69, 9.17) is 0 Å². The number of carboxylic acid groups (broad SMARTS) is 1. The van der Waals surface area contributed by atoms with Crippen LogP contribution in [-0.4, -0.2) is 45.9 Å². The minimum Gasteiger partial charge on any atom is -0.478 e. The molecule has 0 unspecified atom stereocenters. The summed E-state index contributed by atoms with van der Waals surface area (Å²) in [5.41, 5.74) is 3.69. The van der Waals surface area contributed by atoms with Gasteiger partial charge in [-0.1, -0.05) is 30.3 Å². The molecule has 0 fully saturated rings. The average Bonchev–Trinajstić information content (AvgIpc) is 3.22. The Morgan fingerprint density at radius 2 is 1.89 bits per heavy atom. The van der Waals surface area contributed by atoms with E-state index in [0.29, 0.717) is 16.6 Å². The van der Waals surface area contributed by atoms with Gasteiger partial charge in [-0.05, 0) is 16.8 Å². The Labute approximate surface area is 160 Å². The van der Waals surface area contributed by atoms with E-state index < -0.39 is 21.9 Å². The van der Waals surface area contributed by atoms with Crippen LogP contribution in [-0.2, 0) is 23.1 Å². The summed E-state index contributed by atoms with van der Waals surface area (Å²) in [4.78, 5) is 25.8. The van der Waals surface area contributed by atoms with Gasteiger partial charge in [0.05, 0.1) is 35.8 Å². The Hall–Kier alpha value is -3.24. The Balaban J connectivity index is 1.72. The number of sulfonamides is 1. The number of carboxylic acids is 1. The molecule has 144 valence electrons. The lowest BCUT2D eigenvalue weighted by Gasteiger charge is -2.14. The van der Waals surface area contributed by atoms with Gasteiger partial charge in [-0.15, -0.1) is 0 Å². The van der Waals surface area contributed by atoms with Crippen LogP contribution in [0.4, 0.5) is 0 Å². The maximum Gasteiger partial charge on any atom is 0.336 e. The third-order valence-corrected chi connectivity index (χ3v) is 5.89. The number of hydrogen-bond donors (Lipinski definition) is 2. The first kappa shape index (κ1) is 18.1. The van der Waals surface area contributed by atoms with Gasteiger partial charge in [-0.2, -0.15) is 14.2 Å². The van der Waals surface area contributed by atoms with Gasteiger partial charge in [-0.25, -0.2) is 18.6 Å². The van der Waals surface area contributed by atoms with E-state index in [1.54, 1.807) is 30.3 Å². The van der Waals surface area contributed by atoms with Crippen molar-refractivity contribution < 1.29 is 23.1 Å². The second-order valence-corrected chi connectivity index (χ2v) is 8.50. The van der Waals surface area contributed by atoms with E-state index in [0.717, 1.165) is 11.6 Å². The van der Waals surface area contributed by atoms with Gasteiger partial charge in [0.1, 0.15) is 0 Å². The Bertz CT molecular complexity index is 1230. The van der Waals surface area contributed by atoms with Gasteiger partial charge in [0.2, 0.25) is 10.0 Å². The zero-order chi connectivity index (χ0) is 20.1. The van der Waals surface area contributed by atoms with E-state index in [1.165, 1.54) is 21.4 Å². The molecule has 2 N–H and O–H groups in total. The number of amides is 1. The zero-order valence-corrected chi connectivity index (χ0v) is 15.6. The van der Waals surface area contributed by atoms with Gasteiger partial charge < -0.3 is 5.11 Å². The fourth-order valence-electron chi connectivity index (χ4n) is 3.30.